The van der Waals surface area contributed by atoms with Crippen LogP contribution in [0.4, 0.5) is 0 Å². The van der Waals surface area contributed by atoms with Gasteiger partial charge in [0, 0.05) is 43.3 Å². The first-order valence-corrected chi connectivity index (χ1v) is 12.1. The van der Waals surface area contributed by atoms with Crippen LogP contribution in [0.25, 0.3) is 0 Å². The number of ether oxygens (including phenoxy) is 2. The van der Waals surface area contributed by atoms with E-state index in [2.05, 4.69) is 40.1 Å². The lowest BCUT2D eigenvalue weighted by Gasteiger charge is -2.36. The second-order valence-corrected chi connectivity index (χ2v) is 8.89. The Morgan fingerprint density at radius 3 is 2.27 bits per heavy atom. The largest absolute Gasteiger partial charge is 0.490 e. The summed E-state index contributed by atoms with van der Waals surface area (Å²) in [4.78, 5) is 5.63. The molecule has 172 valence electrons. The van der Waals surface area contributed by atoms with Crippen LogP contribution >= 0.6 is 23.8 Å². The first-order chi connectivity index (χ1) is 16.1. The summed E-state index contributed by atoms with van der Waals surface area (Å²) >= 11 is 11.8. The van der Waals surface area contributed by atoms with E-state index >= 15 is 0 Å². The Morgan fingerprint density at radius 2 is 1.58 bits per heavy atom. The van der Waals surface area contributed by atoms with Crippen LogP contribution in [-0.4, -0.2) is 47.6 Å². The molecular weight excluding hydrogens is 452 g/mol. The van der Waals surface area contributed by atoms with Gasteiger partial charge in [-0.05, 0) is 48.4 Å². The van der Waals surface area contributed by atoms with Crippen LogP contribution in [0.1, 0.15) is 23.6 Å². The molecule has 1 aliphatic heterocycles. The van der Waals surface area contributed by atoms with E-state index in [0.717, 1.165) is 48.8 Å². The van der Waals surface area contributed by atoms with Crippen LogP contribution in [0, 0.1) is 0 Å². The van der Waals surface area contributed by atoms with Crippen LogP contribution in [0.3, 0.4) is 0 Å². The van der Waals surface area contributed by atoms with Crippen LogP contribution in [-0.2, 0) is 13.2 Å². The molecule has 1 fully saturated rings. The molecule has 0 amide bonds. The molecule has 1 aliphatic rings. The van der Waals surface area contributed by atoms with Gasteiger partial charge in [0.25, 0.3) is 0 Å². The standard InChI is InChI=1S/C27H29ClN2O2S/c1-2-31-26-18-23(10-13-25(26)32-20-22-8-11-24(28)12-9-22)27(33)30-16-14-29(15-17-30)19-21-6-4-3-5-7-21/h3-13,18H,2,14-17,19-20H2,1H3. The molecule has 0 aromatic heterocycles. The van der Waals surface area contributed by atoms with Gasteiger partial charge in [-0.2, -0.15) is 0 Å². The molecule has 6 heteroatoms. The molecule has 33 heavy (non-hydrogen) atoms. The molecule has 0 spiro atoms. The summed E-state index contributed by atoms with van der Waals surface area (Å²) in [5.74, 6) is 1.43. The van der Waals surface area contributed by atoms with E-state index in [4.69, 9.17) is 33.3 Å². The van der Waals surface area contributed by atoms with Crippen LogP contribution < -0.4 is 9.47 Å². The highest BCUT2D eigenvalue weighted by atomic mass is 35.5. The lowest BCUT2D eigenvalue weighted by Crippen LogP contribution is -2.48. The third kappa shape index (κ3) is 6.47. The number of halogens is 1. The molecule has 0 aliphatic carbocycles. The molecule has 0 bridgehead atoms. The lowest BCUT2D eigenvalue weighted by molar-refractivity contribution is 0.177. The van der Waals surface area contributed by atoms with Gasteiger partial charge in [-0.1, -0.05) is 66.3 Å². The van der Waals surface area contributed by atoms with Crippen molar-refractivity contribution < 1.29 is 9.47 Å². The van der Waals surface area contributed by atoms with Crippen LogP contribution in [0.5, 0.6) is 11.5 Å². The monoisotopic (exact) mass is 480 g/mol. The molecule has 0 radical (unpaired) electrons. The molecule has 3 aromatic carbocycles. The zero-order chi connectivity index (χ0) is 23.0. The van der Waals surface area contributed by atoms with Crippen LogP contribution in [0.15, 0.2) is 72.8 Å². The minimum atomic E-state index is 0.449. The van der Waals surface area contributed by atoms with Gasteiger partial charge in [0.1, 0.15) is 11.6 Å². The molecule has 0 unspecified atom stereocenters. The molecular formula is C27H29ClN2O2S. The van der Waals surface area contributed by atoms with Crippen LogP contribution in [0.2, 0.25) is 5.02 Å². The van der Waals surface area contributed by atoms with Gasteiger partial charge < -0.3 is 14.4 Å². The minimum Gasteiger partial charge on any atom is -0.490 e. The van der Waals surface area contributed by atoms with E-state index in [0.29, 0.717) is 29.7 Å². The first-order valence-electron chi connectivity index (χ1n) is 11.3. The van der Waals surface area contributed by atoms with E-state index in [9.17, 15) is 0 Å². The second kappa shape index (κ2) is 11.5. The van der Waals surface area contributed by atoms with Gasteiger partial charge >= 0.3 is 0 Å². The average Bonchev–Trinajstić information content (AvgIpc) is 2.85. The van der Waals surface area contributed by atoms with Crippen molar-refractivity contribution in [3.05, 3.63) is 94.5 Å². The summed E-state index contributed by atoms with van der Waals surface area (Å²) in [5, 5.41) is 0.715. The zero-order valence-electron chi connectivity index (χ0n) is 18.9. The summed E-state index contributed by atoms with van der Waals surface area (Å²) in [7, 11) is 0. The SMILES string of the molecule is CCOc1cc(C(=S)N2CCN(Cc3ccccc3)CC2)ccc1OCc1ccc(Cl)cc1. The van der Waals surface area contributed by atoms with Crippen molar-refractivity contribution in [1.82, 2.24) is 9.80 Å². The molecule has 1 saturated heterocycles. The number of hydrogen-bond donors (Lipinski definition) is 0. The van der Waals surface area contributed by atoms with E-state index < -0.39 is 0 Å². The van der Waals surface area contributed by atoms with Crippen molar-refractivity contribution in [1.29, 1.82) is 0 Å². The quantitative estimate of drug-likeness (QED) is 0.379. The number of thiocarbonyl (C=S) groups is 1. The Labute approximate surface area is 206 Å². The van der Waals surface area contributed by atoms with Gasteiger partial charge in [-0.25, -0.2) is 0 Å². The van der Waals surface area contributed by atoms with Crippen molar-refractivity contribution >= 4 is 28.8 Å². The van der Waals surface area contributed by atoms with Gasteiger partial charge in [0.05, 0.1) is 6.61 Å². The fourth-order valence-corrected chi connectivity index (χ4v) is 4.34. The average molecular weight is 481 g/mol. The molecule has 4 nitrogen and oxygen atoms in total. The van der Waals surface area contributed by atoms with Crippen molar-refractivity contribution in [2.24, 2.45) is 0 Å². The molecule has 4 rings (SSSR count). The van der Waals surface area contributed by atoms with Gasteiger partial charge in [-0.3, -0.25) is 4.90 Å². The smallest absolute Gasteiger partial charge is 0.161 e. The topological polar surface area (TPSA) is 24.9 Å². The van der Waals surface area contributed by atoms with E-state index in [1.54, 1.807) is 0 Å². The molecule has 0 N–H and O–H groups in total. The summed E-state index contributed by atoms with van der Waals surface area (Å²) in [6, 6.07) is 24.3. The lowest BCUT2D eigenvalue weighted by atomic mass is 10.1. The molecule has 0 saturated carbocycles. The highest BCUT2D eigenvalue weighted by molar-refractivity contribution is 7.80. The van der Waals surface area contributed by atoms with Crippen molar-refractivity contribution in [3.8, 4) is 11.5 Å². The summed E-state index contributed by atoms with van der Waals surface area (Å²) in [5.41, 5.74) is 3.39. The molecule has 1 heterocycles. The third-order valence-electron chi connectivity index (χ3n) is 5.71. The predicted molar refractivity (Wildman–Crippen MR) is 138 cm³/mol. The second-order valence-electron chi connectivity index (χ2n) is 8.06. The number of nitrogens with zero attached hydrogens (tertiary/aromatic N) is 2. The zero-order valence-corrected chi connectivity index (χ0v) is 20.4. The molecule has 3 aromatic rings. The van der Waals surface area contributed by atoms with Crippen molar-refractivity contribution in [2.75, 3.05) is 32.8 Å². The van der Waals surface area contributed by atoms with Gasteiger partial charge in [0.2, 0.25) is 0 Å². The minimum absolute atomic E-state index is 0.449. The maximum Gasteiger partial charge on any atom is 0.161 e. The summed E-state index contributed by atoms with van der Waals surface area (Å²) in [6.07, 6.45) is 0. The number of benzene rings is 3. The van der Waals surface area contributed by atoms with Crippen molar-refractivity contribution in [3.63, 3.8) is 0 Å². The molecule has 0 atom stereocenters. The maximum absolute atomic E-state index is 6.03. The fourth-order valence-electron chi connectivity index (χ4n) is 3.90. The highest BCUT2D eigenvalue weighted by Gasteiger charge is 2.21. The fraction of sp³-hybridized carbons (Fsp3) is 0.296. The Hall–Kier alpha value is -2.60. The van der Waals surface area contributed by atoms with Gasteiger partial charge in [-0.15, -0.1) is 0 Å². The van der Waals surface area contributed by atoms with E-state index in [1.807, 2.05) is 49.4 Å². The number of hydrogen-bond acceptors (Lipinski definition) is 4. The Kier molecular flexibility index (Phi) is 8.21. The Bertz CT molecular complexity index is 1050. The predicted octanol–water partition coefficient (Wildman–Crippen LogP) is 5.81. The summed E-state index contributed by atoms with van der Waals surface area (Å²) < 4.78 is 11.9. The third-order valence-corrected chi connectivity index (χ3v) is 6.45. The normalized spacial score (nSPS) is 14.2. The Balaban J connectivity index is 1.37. The summed E-state index contributed by atoms with van der Waals surface area (Å²) in [6.45, 7) is 7.80. The maximum atomic E-state index is 6.03. The Morgan fingerprint density at radius 1 is 0.848 bits per heavy atom. The number of rotatable bonds is 8. The van der Waals surface area contributed by atoms with E-state index in [1.165, 1.54) is 5.56 Å². The van der Waals surface area contributed by atoms with Crippen molar-refractivity contribution in [2.45, 2.75) is 20.1 Å². The number of piperazine rings is 1. The first kappa shape index (κ1) is 23.6. The van der Waals surface area contributed by atoms with Gasteiger partial charge in [0.15, 0.2) is 11.5 Å². The highest BCUT2D eigenvalue weighted by Crippen LogP contribution is 2.30. The van der Waals surface area contributed by atoms with E-state index in [-0.39, 0.29) is 0 Å².